The molecule has 3 rings (SSSR count). The zero-order valence-corrected chi connectivity index (χ0v) is 20.3. The van der Waals surface area contributed by atoms with Gasteiger partial charge >= 0.3 is 6.18 Å². The molecule has 0 amide bonds. The molecule has 0 bridgehead atoms. The number of hydrogen-bond acceptors (Lipinski definition) is 4. The molecule has 4 nitrogen and oxygen atoms in total. The highest BCUT2D eigenvalue weighted by Gasteiger charge is 2.35. The zero-order valence-electron chi connectivity index (χ0n) is 20.3. The van der Waals surface area contributed by atoms with Gasteiger partial charge in [0.25, 0.3) is 0 Å². The Kier molecular flexibility index (Phi) is 8.18. The standard InChI is InChI=1S/C27H33F3N4/c1-5-6-7-8-10-19-11-9-12-22(17-19)32-24-23(27(28,29)30)18-31-25(34-24)33-21-15-13-20(14-16-21)26(2,3)4/h9,11-18H,5-8,10H2,1-4H3,(H2,31,32,33,34). The Hall–Kier alpha value is -3.09. The van der Waals surface area contributed by atoms with Crippen LogP contribution in [0.2, 0.25) is 0 Å². The molecule has 2 aromatic carbocycles. The maximum Gasteiger partial charge on any atom is 0.421 e. The summed E-state index contributed by atoms with van der Waals surface area (Å²) in [7, 11) is 0. The van der Waals surface area contributed by atoms with E-state index in [2.05, 4.69) is 48.3 Å². The number of benzene rings is 2. The van der Waals surface area contributed by atoms with Crippen molar-refractivity contribution >= 4 is 23.1 Å². The first-order chi connectivity index (χ1) is 16.1. The molecule has 0 aliphatic carbocycles. The van der Waals surface area contributed by atoms with Crippen LogP contribution in [0.5, 0.6) is 0 Å². The largest absolute Gasteiger partial charge is 0.421 e. The highest BCUT2D eigenvalue weighted by atomic mass is 19.4. The second-order valence-electron chi connectivity index (χ2n) is 9.54. The van der Waals surface area contributed by atoms with Gasteiger partial charge in [-0.15, -0.1) is 0 Å². The van der Waals surface area contributed by atoms with Crippen LogP contribution in [-0.2, 0) is 18.0 Å². The maximum atomic E-state index is 13.6. The predicted octanol–water partition coefficient (Wildman–Crippen LogP) is 8.40. The quantitative estimate of drug-likeness (QED) is 0.308. The van der Waals surface area contributed by atoms with Crippen LogP contribution in [0, 0.1) is 0 Å². The lowest BCUT2D eigenvalue weighted by molar-refractivity contribution is -0.137. The van der Waals surface area contributed by atoms with E-state index in [0.29, 0.717) is 11.4 Å². The Bertz CT molecular complexity index is 1070. The number of alkyl halides is 3. The van der Waals surface area contributed by atoms with Crippen LogP contribution >= 0.6 is 0 Å². The molecule has 0 aliphatic heterocycles. The smallest absolute Gasteiger partial charge is 0.340 e. The van der Waals surface area contributed by atoms with E-state index in [1.54, 1.807) is 6.07 Å². The summed E-state index contributed by atoms with van der Waals surface area (Å²) in [5.74, 6) is -0.186. The van der Waals surface area contributed by atoms with Gasteiger partial charge in [0.15, 0.2) is 0 Å². The number of unbranched alkanes of at least 4 members (excludes halogenated alkanes) is 3. The van der Waals surface area contributed by atoms with Crippen LogP contribution in [0.15, 0.2) is 54.7 Å². The van der Waals surface area contributed by atoms with Gasteiger partial charge in [-0.05, 0) is 53.6 Å². The number of anilines is 4. The van der Waals surface area contributed by atoms with Crippen molar-refractivity contribution in [2.45, 2.75) is 71.4 Å². The highest BCUT2D eigenvalue weighted by molar-refractivity contribution is 5.63. The highest BCUT2D eigenvalue weighted by Crippen LogP contribution is 2.35. The number of hydrogen-bond donors (Lipinski definition) is 2. The fraction of sp³-hybridized carbons (Fsp3) is 0.407. The van der Waals surface area contributed by atoms with Crippen molar-refractivity contribution in [1.82, 2.24) is 9.97 Å². The van der Waals surface area contributed by atoms with E-state index >= 15 is 0 Å². The first-order valence-corrected chi connectivity index (χ1v) is 11.7. The van der Waals surface area contributed by atoms with Crippen LogP contribution in [0.4, 0.5) is 36.3 Å². The number of nitrogens with zero attached hydrogens (tertiary/aromatic N) is 2. The van der Waals surface area contributed by atoms with Crippen molar-refractivity contribution in [3.8, 4) is 0 Å². The van der Waals surface area contributed by atoms with E-state index in [1.807, 2.05) is 42.5 Å². The monoisotopic (exact) mass is 470 g/mol. The molecule has 0 aliphatic rings. The molecule has 0 spiro atoms. The molecule has 7 heteroatoms. The first kappa shape index (κ1) is 25.5. The summed E-state index contributed by atoms with van der Waals surface area (Å²) in [5.41, 5.74) is 2.61. The topological polar surface area (TPSA) is 49.8 Å². The van der Waals surface area contributed by atoms with Crippen molar-refractivity contribution in [3.63, 3.8) is 0 Å². The fourth-order valence-corrected chi connectivity index (χ4v) is 3.62. The summed E-state index contributed by atoms with van der Waals surface area (Å²) in [6.45, 7) is 8.51. The third-order valence-electron chi connectivity index (χ3n) is 5.61. The van der Waals surface area contributed by atoms with Crippen molar-refractivity contribution in [2.24, 2.45) is 0 Å². The van der Waals surface area contributed by atoms with E-state index in [-0.39, 0.29) is 17.2 Å². The van der Waals surface area contributed by atoms with Gasteiger partial charge in [-0.2, -0.15) is 18.2 Å². The van der Waals surface area contributed by atoms with Gasteiger partial charge in [0, 0.05) is 17.6 Å². The third-order valence-corrected chi connectivity index (χ3v) is 5.61. The Balaban J connectivity index is 1.81. The van der Waals surface area contributed by atoms with E-state index in [0.717, 1.165) is 43.0 Å². The van der Waals surface area contributed by atoms with Crippen LogP contribution in [0.3, 0.4) is 0 Å². The summed E-state index contributed by atoms with van der Waals surface area (Å²) in [6.07, 6.45) is 1.67. The van der Waals surface area contributed by atoms with Gasteiger partial charge in [-0.1, -0.05) is 71.2 Å². The number of rotatable bonds is 9. The minimum atomic E-state index is -4.58. The van der Waals surface area contributed by atoms with Crippen LogP contribution in [0.25, 0.3) is 0 Å². The Morgan fingerprint density at radius 3 is 2.24 bits per heavy atom. The Morgan fingerprint density at radius 2 is 1.59 bits per heavy atom. The Morgan fingerprint density at radius 1 is 0.853 bits per heavy atom. The normalized spacial score (nSPS) is 12.0. The lowest BCUT2D eigenvalue weighted by atomic mass is 9.87. The van der Waals surface area contributed by atoms with E-state index in [4.69, 9.17) is 0 Å². The summed E-state index contributed by atoms with van der Waals surface area (Å²) >= 11 is 0. The van der Waals surface area contributed by atoms with Gasteiger partial charge in [0.05, 0.1) is 0 Å². The van der Waals surface area contributed by atoms with Crippen LogP contribution in [-0.4, -0.2) is 9.97 Å². The Labute approximate surface area is 200 Å². The number of halogens is 3. The van der Waals surface area contributed by atoms with Gasteiger partial charge in [-0.3, -0.25) is 0 Å². The fourth-order valence-electron chi connectivity index (χ4n) is 3.62. The molecule has 0 saturated carbocycles. The summed E-state index contributed by atoms with van der Waals surface area (Å²) in [4.78, 5) is 8.07. The molecule has 0 radical (unpaired) electrons. The predicted molar refractivity (Wildman–Crippen MR) is 133 cm³/mol. The average molecular weight is 471 g/mol. The molecule has 0 unspecified atom stereocenters. The molecule has 1 aromatic heterocycles. The maximum absolute atomic E-state index is 13.6. The third kappa shape index (κ3) is 7.20. The van der Waals surface area contributed by atoms with Crippen molar-refractivity contribution < 1.29 is 13.2 Å². The average Bonchev–Trinajstić information content (AvgIpc) is 2.76. The van der Waals surface area contributed by atoms with Gasteiger partial charge in [0.2, 0.25) is 5.95 Å². The zero-order chi connectivity index (χ0) is 24.8. The SMILES string of the molecule is CCCCCCc1cccc(Nc2nc(Nc3ccc(C(C)(C)C)cc3)ncc2C(F)(F)F)c1. The molecule has 3 aromatic rings. The van der Waals surface area contributed by atoms with Crippen LogP contribution < -0.4 is 10.6 Å². The molecular weight excluding hydrogens is 437 g/mol. The summed E-state index contributed by atoms with van der Waals surface area (Å²) in [5, 5.41) is 5.87. The minimum absolute atomic E-state index is 0.00497. The van der Waals surface area contributed by atoms with Gasteiger partial charge < -0.3 is 10.6 Å². The molecule has 0 saturated heterocycles. The van der Waals surface area contributed by atoms with E-state index in [9.17, 15) is 13.2 Å². The number of aromatic nitrogens is 2. The lowest BCUT2D eigenvalue weighted by Crippen LogP contribution is -2.13. The second kappa shape index (κ2) is 10.9. The van der Waals surface area contributed by atoms with E-state index < -0.39 is 11.7 Å². The molecule has 0 fully saturated rings. The number of nitrogens with one attached hydrogen (secondary N) is 2. The van der Waals surface area contributed by atoms with Crippen molar-refractivity contribution in [2.75, 3.05) is 10.6 Å². The van der Waals surface area contributed by atoms with Gasteiger partial charge in [0.1, 0.15) is 11.4 Å². The van der Waals surface area contributed by atoms with E-state index in [1.165, 1.54) is 6.42 Å². The van der Waals surface area contributed by atoms with Crippen molar-refractivity contribution in [1.29, 1.82) is 0 Å². The summed E-state index contributed by atoms with van der Waals surface area (Å²) in [6, 6.07) is 15.2. The summed E-state index contributed by atoms with van der Waals surface area (Å²) < 4.78 is 40.9. The molecule has 1 heterocycles. The lowest BCUT2D eigenvalue weighted by Gasteiger charge is -2.19. The molecule has 182 valence electrons. The molecular formula is C27H33F3N4. The molecule has 2 N–H and O–H groups in total. The first-order valence-electron chi connectivity index (χ1n) is 11.7. The van der Waals surface area contributed by atoms with Gasteiger partial charge in [-0.25, -0.2) is 4.98 Å². The van der Waals surface area contributed by atoms with Crippen LogP contribution in [0.1, 0.15) is 70.1 Å². The minimum Gasteiger partial charge on any atom is -0.340 e. The van der Waals surface area contributed by atoms with Crippen molar-refractivity contribution in [3.05, 3.63) is 71.4 Å². The molecule has 0 atom stereocenters. The molecule has 34 heavy (non-hydrogen) atoms. The second-order valence-corrected chi connectivity index (χ2v) is 9.54. The number of aryl methyl sites for hydroxylation is 1.